The third kappa shape index (κ3) is 0.396. The minimum atomic E-state index is 0.912. The molecule has 44 valence electrons. The molecule has 1 fully saturated rings. The Bertz CT molecular complexity index is 137. The van der Waals surface area contributed by atoms with Crippen LogP contribution in [0.4, 0.5) is 0 Å². The second-order valence-corrected chi connectivity index (χ2v) is 2.93. The molecule has 1 heteroatoms. The summed E-state index contributed by atoms with van der Waals surface area (Å²) in [5.74, 6) is 1.88. The van der Waals surface area contributed by atoms with Crippen molar-refractivity contribution in [1.82, 2.24) is 0 Å². The van der Waals surface area contributed by atoms with Crippen LogP contribution in [0.2, 0.25) is 0 Å². The van der Waals surface area contributed by atoms with E-state index in [0.29, 0.717) is 0 Å². The fourth-order valence-corrected chi connectivity index (χ4v) is 1.72. The molecule has 1 heterocycles. The molecule has 0 amide bonds. The van der Waals surface area contributed by atoms with E-state index in [9.17, 15) is 0 Å². The Hall–Kier alpha value is -0.330. The van der Waals surface area contributed by atoms with Gasteiger partial charge in [-0.15, -0.1) is 0 Å². The van der Waals surface area contributed by atoms with E-state index in [4.69, 9.17) is 0 Å². The zero-order valence-corrected chi connectivity index (χ0v) is 5.22. The topological polar surface area (TPSA) is 12.4 Å². The smallest absolute Gasteiger partial charge is 0.0423 e. The maximum atomic E-state index is 4.38. The fraction of sp³-hybridized carbons (Fsp3) is 0.857. The van der Waals surface area contributed by atoms with Gasteiger partial charge in [-0.25, -0.2) is 0 Å². The molecular weight excluding hydrogens is 98.1 g/mol. The number of hydrogen-bond donors (Lipinski definition) is 0. The molecule has 0 bridgehead atoms. The van der Waals surface area contributed by atoms with Crippen molar-refractivity contribution in [2.45, 2.75) is 19.8 Å². The lowest BCUT2D eigenvalue weighted by Crippen LogP contribution is -2.27. The van der Waals surface area contributed by atoms with Crippen molar-refractivity contribution in [1.29, 1.82) is 0 Å². The van der Waals surface area contributed by atoms with E-state index < -0.39 is 0 Å². The zero-order chi connectivity index (χ0) is 5.56. The van der Waals surface area contributed by atoms with E-state index in [2.05, 4.69) is 11.9 Å². The third-order valence-electron chi connectivity index (χ3n) is 2.53. The molecule has 0 saturated heterocycles. The van der Waals surface area contributed by atoms with Gasteiger partial charge in [-0.1, -0.05) is 0 Å². The first-order valence-electron chi connectivity index (χ1n) is 3.39. The van der Waals surface area contributed by atoms with E-state index in [1.54, 1.807) is 0 Å². The van der Waals surface area contributed by atoms with Crippen LogP contribution in [0.1, 0.15) is 19.8 Å². The Balaban J connectivity index is 2.16. The lowest BCUT2D eigenvalue weighted by Gasteiger charge is -2.29. The van der Waals surface area contributed by atoms with Gasteiger partial charge in [0.15, 0.2) is 0 Å². The van der Waals surface area contributed by atoms with Crippen LogP contribution in [-0.2, 0) is 0 Å². The fourth-order valence-electron chi connectivity index (χ4n) is 1.72. The van der Waals surface area contributed by atoms with Crippen LogP contribution in [0.25, 0.3) is 0 Å². The monoisotopic (exact) mass is 109 g/mol. The molecule has 2 unspecified atom stereocenters. The van der Waals surface area contributed by atoms with Crippen molar-refractivity contribution >= 4 is 5.71 Å². The van der Waals surface area contributed by atoms with E-state index in [-0.39, 0.29) is 0 Å². The first kappa shape index (κ1) is 4.54. The summed E-state index contributed by atoms with van der Waals surface area (Å²) in [5, 5.41) is 0. The van der Waals surface area contributed by atoms with Gasteiger partial charge in [-0.3, -0.25) is 4.99 Å². The van der Waals surface area contributed by atoms with E-state index >= 15 is 0 Å². The summed E-state index contributed by atoms with van der Waals surface area (Å²) in [5.41, 5.74) is 1.42. The number of fused-ring (bicyclic) bond motifs is 1. The largest absolute Gasteiger partial charge is 0.294 e. The first-order valence-corrected chi connectivity index (χ1v) is 3.39. The Morgan fingerprint density at radius 2 is 2.38 bits per heavy atom. The molecule has 0 aromatic heterocycles. The number of nitrogens with zero attached hydrogens (tertiary/aromatic N) is 1. The third-order valence-corrected chi connectivity index (χ3v) is 2.53. The highest BCUT2D eigenvalue weighted by Crippen LogP contribution is 2.39. The van der Waals surface area contributed by atoms with Gasteiger partial charge < -0.3 is 0 Å². The van der Waals surface area contributed by atoms with Crippen molar-refractivity contribution < 1.29 is 0 Å². The summed E-state index contributed by atoms with van der Waals surface area (Å²) in [6, 6.07) is 0. The van der Waals surface area contributed by atoms with E-state index in [1.165, 1.54) is 18.6 Å². The maximum Gasteiger partial charge on any atom is 0.0423 e. The highest BCUT2D eigenvalue weighted by Gasteiger charge is 2.36. The molecule has 8 heavy (non-hydrogen) atoms. The summed E-state index contributed by atoms with van der Waals surface area (Å²) >= 11 is 0. The molecule has 1 aliphatic heterocycles. The number of rotatable bonds is 0. The highest BCUT2D eigenvalue weighted by atomic mass is 14.8. The van der Waals surface area contributed by atoms with Crippen LogP contribution in [-0.4, -0.2) is 12.3 Å². The van der Waals surface area contributed by atoms with Crippen LogP contribution >= 0.6 is 0 Å². The van der Waals surface area contributed by atoms with Gasteiger partial charge in [0, 0.05) is 18.2 Å². The molecule has 0 aromatic carbocycles. The molecule has 1 nitrogen and oxygen atoms in total. The summed E-state index contributed by atoms with van der Waals surface area (Å²) < 4.78 is 0. The van der Waals surface area contributed by atoms with E-state index in [0.717, 1.165) is 18.4 Å². The highest BCUT2D eigenvalue weighted by molar-refractivity contribution is 5.87. The molecule has 0 N–H and O–H groups in total. The van der Waals surface area contributed by atoms with Crippen LogP contribution in [0.3, 0.4) is 0 Å². The van der Waals surface area contributed by atoms with E-state index in [1.807, 2.05) is 0 Å². The summed E-state index contributed by atoms with van der Waals surface area (Å²) in [6.07, 6.45) is 2.85. The van der Waals surface area contributed by atoms with Crippen molar-refractivity contribution in [3.05, 3.63) is 0 Å². The Morgan fingerprint density at radius 3 is 2.62 bits per heavy atom. The lowest BCUT2D eigenvalue weighted by atomic mass is 9.74. The van der Waals surface area contributed by atoms with Crippen molar-refractivity contribution in [2.24, 2.45) is 16.8 Å². The van der Waals surface area contributed by atoms with Gasteiger partial charge in [0.25, 0.3) is 0 Å². The normalized spacial score (nSPS) is 42.9. The average molecular weight is 109 g/mol. The number of aliphatic imine (C=N–C) groups is 1. The maximum absolute atomic E-state index is 4.38. The van der Waals surface area contributed by atoms with Crippen LogP contribution < -0.4 is 0 Å². The van der Waals surface area contributed by atoms with Crippen LogP contribution in [0.15, 0.2) is 4.99 Å². The minimum absolute atomic E-state index is 0.912. The molecule has 0 aromatic rings. The lowest BCUT2D eigenvalue weighted by molar-refractivity contribution is 0.277. The van der Waals surface area contributed by atoms with Gasteiger partial charge in [-0.05, 0) is 25.7 Å². The Morgan fingerprint density at radius 1 is 1.50 bits per heavy atom. The second-order valence-electron chi connectivity index (χ2n) is 2.93. The average Bonchev–Trinajstić information content (AvgIpc) is 1.80. The van der Waals surface area contributed by atoms with Gasteiger partial charge in [0.05, 0.1) is 0 Å². The molecule has 2 atom stereocenters. The van der Waals surface area contributed by atoms with Crippen LogP contribution in [0, 0.1) is 11.8 Å². The summed E-state index contributed by atoms with van der Waals surface area (Å²) in [6.45, 7) is 3.31. The quantitative estimate of drug-likeness (QED) is 0.447. The molecular formula is C7H11N. The molecule has 0 radical (unpaired) electrons. The Labute approximate surface area is 49.8 Å². The predicted molar refractivity (Wildman–Crippen MR) is 34.2 cm³/mol. The standard InChI is InChI=1S/C7H11N/c1-5-7-3-2-6(7)4-8-5/h6-7H,2-4H2,1H3. The number of hydrogen-bond acceptors (Lipinski definition) is 1. The summed E-state index contributed by atoms with van der Waals surface area (Å²) in [4.78, 5) is 4.38. The first-order chi connectivity index (χ1) is 3.88. The van der Waals surface area contributed by atoms with Gasteiger partial charge in [0.2, 0.25) is 0 Å². The zero-order valence-electron chi connectivity index (χ0n) is 5.22. The van der Waals surface area contributed by atoms with Crippen molar-refractivity contribution in [3.8, 4) is 0 Å². The van der Waals surface area contributed by atoms with Gasteiger partial charge in [0.1, 0.15) is 0 Å². The van der Waals surface area contributed by atoms with Gasteiger partial charge >= 0.3 is 0 Å². The van der Waals surface area contributed by atoms with Crippen molar-refractivity contribution in [3.63, 3.8) is 0 Å². The van der Waals surface area contributed by atoms with Crippen LogP contribution in [0.5, 0.6) is 0 Å². The van der Waals surface area contributed by atoms with Gasteiger partial charge in [-0.2, -0.15) is 0 Å². The second kappa shape index (κ2) is 1.34. The molecule has 2 rings (SSSR count). The van der Waals surface area contributed by atoms with Crippen molar-refractivity contribution in [2.75, 3.05) is 6.54 Å². The molecule has 1 saturated carbocycles. The molecule has 1 aliphatic carbocycles. The minimum Gasteiger partial charge on any atom is -0.294 e. The predicted octanol–water partition coefficient (Wildman–Crippen LogP) is 1.49. The Kier molecular flexibility index (Phi) is 0.758. The summed E-state index contributed by atoms with van der Waals surface area (Å²) in [7, 11) is 0. The molecule has 2 aliphatic rings. The molecule has 0 spiro atoms. The SMILES string of the molecule is CC1=NCC2CCC12.